The molecule has 0 saturated carbocycles. The van der Waals surface area contributed by atoms with Crippen LogP contribution in [0, 0.1) is 5.92 Å². The van der Waals surface area contributed by atoms with Crippen molar-refractivity contribution in [1.29, 1.82) is 0 Å². The van der Waals surface area contributed by atoms with E-state index in [1.165, 1.54) is 0 Å². The SMILES string of the molecule is O=C(Nc1ccccc1Cl)C1CC(=O)N(Cc2ccccc2Cl)C1. The van der Waals surface area contributed by atoms with Gasteiger partial charge in [0, 0.05) is 24.5 Å². The minimum Gasteiger partial charge on any atom is -0.337 e. The van der Waals surface area contributed by atoms with Crippen LogP contribution in [-0.2, 0) is 16.1 Å². The summed E-state index contributed by atoms with van der Waals surface area (Å²) in [5.74, 6) is -0.636. The Labute approximate surface area is 150 Å². The Morgan fingerprint density at radius 2 is 1.75 bits per heavy atom. The van der Waals surface area contributed by atoms with E-state index in [4.69, 9.17) is 23.2 Å². The van der Waals surface area contributed by atoms with E-state index in [0.717, 1.165) is 5.56 Å². The molecule has 1 atom stereocenters. The van der Waals surface area contributed by atoms with Gasteiger partial charge in [0.05, 0.1) is 16.6 Å². The summed E-state index contributed by atoms with van der Waals surface area (Å²) in [4.78, 5) is 26.3. The van der Waals surface area contributed by atoms with Crippen LogP contribution in [0.3, 0.4) is 0 Å². The van der Waals surface area contributed by atoms with Crippen molar-refractivity contribution in [3.05, 3.63) is 64.1 Å². The predicted molar refractivity (Wildman–Crippen MR) is 95.1 cm³/mol. The minimum absolute atomic E-state index is 0.0470. The number of amides is 2. The second-order valence-electron chi connectivity index (χ2n) is 5.74. The van der Waals surface area contributed by atoms with Crippen molar-refractivity contribution in [3.63, 3.8) is 0 Å². The number of para-hydroxylation sites is 1. The number of hydrogen-bond donors (Lipinski definition) is 1. The van der Waals surface area contributed by atoms with Gasteiger partial charge in [0.15, 0.2) is 0 Å². The van der Waals surface area contributed by atoms with E-state index in [2.05, 4.69) is 5.32 Å². The molecule has 3 rings (SSSR count). The molecule has 1 fully saturated rings. The van der Waals surface area contributed by atoms with Gasteiger partial charge in [-0.15, -0.1) is 0 Å². The normalized spacial score (nSPS) is 17.2. The third-order valence-electron chi connectivity index (χ3n) is 4.04. The van der Waals surface area contributed by atoms with Crippen LogP contribution in [0.5, 0.6) is 0 Å². The monoisotopic (exact) mass is 362 g/mol. The highest BCUT2D eigenvalue weighted by molar-refractivity contribution is 6.33. The van der Waals surface area contributed by atoms with Crippen LogP contribution in [0.25, 0.3) is 0 Å². The second-order valence-corrected chi connectivity index (χ2v) is 6.55. The number of nitrogens with zero attached hydrogens (tertiary/aromatic N) is 1. The summed E-state index contributed by atoms with van der Waals surface area (Å²) >= 11 is 12.2. The van der Waals surface area contributed by atoms with E-state index in [0.29, 0.717) is 28.8 Å². The van der Waals surface area contributed by atoms with Gasteiger partial charge in [-0.25, -0.2) is 0 Å². The number of anilines is 1. The van der Waals surface area contributed by atoms with Gasteiger partial charge in [-0.3, -0.25) is 9.59 Å². The lowest BCUT2D eigenvalue weighted by molar-refractivity contribution is -0.128. The van der Waals surface area contributed by atoms with Gasteiger partial charge in [-0.05, 0) is 23.8 Å². The second kappa shape index (κ2) is 7.24. The standard InChI is InChI=1S/C18H16Cl2N2O2/c19-14-6-2-1-5-12(14)10-22-11-13(9-17(22)23)18(24)21-16-8-4-3-7-15(16)20/h1-8,13H,9-11H2,(H,21,24). The molecule has 0 radical (unpaired) electrons. The molecule has 4 nitrogen and oxygen atoms in total. The summed E-state index contributed by atoms with van der Waals surface area (Å²) < 4.78 is 0. The van der Waals surface area contributed by atoms with Gasteiger partial charge in [-0.1, -0.05) is 53.5 Å². The van der Waals surface area contributed by atoms with Crippen LogP contribution in [0.15, 0.2) is 48.5 Å². The van der Waals surface area contributed by atoms with E-state index in [1.807, 2.05) is 18.2 Å². The zero-order valence-corrected chi connectivity index (χ0v) is 14.3. The number of halogens is 2. The third-order valence-corrected chi connectivity index (χ3v) is 4.73. The zero-order valence-electron chi connectivity index (χ0n) is 12.8. The van der Waals surface area contributed by atoms with Crippen molar-refractivity contribution in [3.8, 4) is 0 Å². The number of rotatable bonds is 4. The van der Waals surface area contributed by atoms with Crippen molar-refractivity contribution in [2.45, 2.75) is 13.0 Å². The highest BCUT2D eigenvalue weighted by Gasteiger charge is 2.34. The lowest BCUT2D eigenvalue weighted by Gasteiger charge is -2.17. The summed E-state index contributed by atoms with van der Waals surface area (Å²) in [5.41, 5.74) is 1.43. The average molecular weight is 363 g/mol. The molecule has 0 aliphatic carbocycles. The lowest BCUT2D eigenvalue weighted by atomic mass is 10.1. The van der Waals surface area contributed by atoms with E-state index < -0.39 is 5.92 Å². The van der Waals surface area contributed by atoms with Crippen LogP contribution >= 0.6 is 23.2 Å². The first-order valence-electron chi connectivity index (χ1n) is 7.61. The molecule has 1 aliphatic heterocycles. The zero-order chi connectivity index (χ0) is 17.1. The molecule has 2 amide bonds. The van der Waals surface area contributed by atoms with Gasteiger partial charge < -0.3 is 10.2 Å². The predicted octanol–water partition coefficient (Wildman–Crippen LogP) is 3.98. The summed E-state index contributed by atoms with van der Waals surface area (Å²) in [7, 11) is 0. The molecular weight excluding hydrogens is 347 g/mol. The molecule has 1 unspecified atom stereocenters. The summed E-state index contributed by atoms with van der Waals surface area (Å²) in [6, 6.07) is 14.4. The van der Waals surface area contributed by atoms with Crippen molar-refractivity contribution in [2.75, 3.05) is 11.9 Å². The first-order chi connectivity index (χ1) is 11.5. The molecule has 0 aromatic heterocycles. The van der Waals surface area contributed by atoms with Gasteiger partial charge in [-0.2, -0.15) is 0 Å². The Morgan fingerprint density at radius 1 is 1.08 bits per heavy atom. The van der Waals surface area contributed by atoms with E-state index in [-0.39, 0.29) is 18.2 Å². The van der Waals surface area contributed by atoms with E-state index in [1.54, 1.807) is 35.2 Å². The maximum atomic E-state index is 12.4. The maximum absolute atomic E-state index is 12.4. The molecule has 0 bridgehead atoms. The van der Waals surface area contributed by atoms with E-state index in [9.17, 15) is 9.59 Å². The molecule has 1 N–H and O–H groups in total. The highest BCUT2D eigenvalue weighted by atomic mass is 35.5. The molecule has 6 heteroatoms. The molecule has 0 spiro atoms. The summed E-state index contributed by atoms with van der Waals surface area (Å²) in [6.07, 6.45) is 0.195. The number of carbonyl (C=O) groups excluding carboxylic acids is 2. The lowest BCUT2D eigenvalue weighted by Crippen LogP contribution is -2.28. The van der Waals surface area contributed by atoms with Crippen molar-refractivity contribution in [1.82, 2.24) is 4.90 Å². The van der Waals surface area contributed by atoms with Crippen molar-refractivity contribution >= 4 is 40.7 Å². The first-order valence-corrected chi connectivity index (χ1v) is 8.37. The Morgan fingerprint density at radius 3 is 2.46 bits per heavy atom. The summed E-state index contributed by atoms with van der Waals surface area (Å²) in [6.45, 7) is 0.786. The molecule has 2 aromatic rings. The highest BCUT2D eigenvalue weighted by Crippen LogP contribution is 2.26. The fourth-order valence-electron chi connectivity index (χ4n) is 2.73. The van der Waals surface area contributed by atoms with Crippen molar-refractivity contribution in [2.24, 2.45) is 5.92 Å². The molecule has 1 saturated heterocycles. The van der Waals surface area contributed by atoms with Crippen LogP contribution in [0.1, 0.15) is 12.0 Å². The quantitative estimate of drug-likeness (QED) is 0.893. The van der Waals surface area contributed by atoms with Crippen LogP contribution in [0.4, 0.5) is 5.69 Å². The number of hydrogen-bond acceptors (Lipinski definition) is 2. The summed E-state index contributed by atoms with van der Waals surface area (Å²) in [5, 5.41) is 3.89. The molecule has 1 aliphatic rings. The smallest absolute Gasteiger partial charge is 0.229 e. The topological polar surface area (TPSA) is 49.4 Å². The Bertz CT molecular complexity index is 779. The van der Waals surface area contributed by atoms with Crippen LogP contribution in [-0.4, -0.2) is 23.3 Å². The average Bonchev–Trinajstić information content (AvgIpc) is 2.93. The number of nitrogens with one attached hydrogen (secondary N) is 1. The Hall–Kier alpha value is -2.04. The molecule has 124 valence electrons. The van der Waals surface area contributed by atoms with E-state index >= 15 is 0 Å². The number of likely N-dealkylation sites (tertiary alicyclic amines) is 1. The van der Waals surface area contributed by atoms with Crippen LogP contribution in [0.2, 0.25) is 10.0 Å². The number of carbonyl (C=O) groups is 2. The van der Waals surface area contributed by atoms with Crippen molar-refractivity contribution < 1.29 is 9.59 Å². The first kappa shape index (κ1) is 16.8. The molecule has 24 heavy (non-hydrogen) atoms. The van der Waals surface area contributed by atoms with Gasteiger partial charge in [0.25, 0.3) is 0 Å². The molecule has 1 heterocycles. The van der Waals surface area contributed by atoms with Gasteiger partial charge >= 0.3 is 0 Å². The fraction of sp³-hybridized carbons (Fsp3) is 0.222. The fourth-order valence-corrected chi connectivity index (χ4v) is 3.11. The molecular formula is C18H16Cl2N2O2. The van der Waals surface area contributed by atoms with Gasteiger partial charge in [0.1, 0.15) is 0 Å². The van der Waals surface area contributed by atoms with Crippen LogP contribution < -0.4 is 5.32 Å². The number of benzene rings is 2. The largest absolute Gasteiger partial charge is 0.337 e. The molecule has 2 aromatic carbocycles. The van der Waals surface area contributed by atoms with Gasteiger partial charge in [0.2, 0.25) is 11.8 Å². The Balaban J connectivity index is 1.65. The Kier molecular flexibility index (Phi) is 5.07. The third kappa shape index (κ3) is 3.71. The maximum Gasteiger partial charge on any atom is 0.229 e. The minimum atomic E-state index is -0.392.